The molecule has 1 aromatic carbocycles. The van der Waals surface area contributed by atoms with Crippen LogP contribution in [0.3, 0.4) is 0 Å². The van der Waals surface area contributed by atoms with E-state index in [9.17, 15) is 0 Å². The summed E-state index contributed by atoms with van der Waals surface area (Å²) < 4.78 is 0. The van der Waals surface area contributed by atoms with Gasteiger partial charge in [0.1, 0.15) is 0 Å². The summed E-state index contributed by atoms with van der Waals surface area (Å²) in [5, 5.41) is 4.89. The molecule has 1 N–H and O–H groups in total. The minimum Gasteiger partial charge on any atom is -0.307 e. The van der Waals surface area contributed by atoms with E-state index in [0.717, 1.165) is 11.3 Å². The van der Waals surface area contributed by atoms with Gasteiger partial charge in [-0.25, -0.2) is 0 Å². The Morgan fingerprint density at radius 2 is 1.76 bits per heavy atom. The second-order valence-corrected chi connectivity index (χ2v) is 8.58. The first kappa shape index (κ1) is 15.4. The third-order valence-electron chi connectivity index (χ3n) is 5.57. The Labute approximate surface area is 134 Å². The van der Waals surface area contributed by atoms with Crippen molar-refractivity contribution < 1.29 is 0 Å². The largest absolute Gasteiger partial charge is 0.307 e. The van der Waals surface area contributed by atoms with E-state index < -0.39 is 0 Å². The summed E-state index contributed by atoms with van der Waals surface area (Å²) in [5.74, 6) is 0. The van der Waals surface area contributed by atoms with Crippen molar-refractivity contribution in [1.29, 1.82) is 0 Å². The molecule has 0 heterocycles. The second-order valence-electron chi connectivity index (χ2n) is 7.44. The minimum atomic E-state index is 0.339. The molecule has 0 aromatic heterocycles. The lowest BCUT2D eigenvalue weighted by molar-refractivity contribution is 0.296. The van der Waals surface area contributed by atoms with Crippen molar-refractivity contribution in [2.45, 2.75) is 75.1 Å². The van der Waals surface area contributed by atoms with Gasteiger partial charge >= 0.3 is 0 Å². The fourth-order valence-electron chi connectivity index (χ4n) is 4.14. The van der Waals surface area contributed by atoms with Crippen molar-refractivity contribution in [2.75, 3.05) is 6.26 Å². The van der Waals surface area contributed by atoms with E-state index in [-0.39, 0.29) is 0 Å². The molecule has 2 heteroatoms. The SMILES string of the molecule is CSC1CCC(NC2CCC(C)(C)c3ccccc32)CC1. The van der Waals surface area contributed by atoms with E-state index in [1.54, 1.807) is 11.1 Å². The van der Waals surface area contributed by atoms with Crippen molar-refractivity contribution >= 4 is 11.8 Å². The smallest absolute Gasteiger partial charge is 0.0325 e. The lowest BCUT2D eigenvalue weighted by Gasteiger charge is -2.40. The van der Waals surface area contributed by atoms with Crippen LogP contribution in [0.4, 0.5) is 0 Å². The van der Waals surface area contributed by atoms with Crippen molar-refractivity contribution in [3.63, 3.8) is 0 Å². The predicted octanol–water partition coefficient (Wildman–Crippen LogP) is 5.06. The molecule has 116 valence electrons. The van der Waals surface area contributed by atoms with Gasteiger partial charge in [-0.2, -0.15) is 11.8 Å². The molecule has 1 atom stereocenters. The number of benzene rings is 1. The van der Waals surface area contributed by atoms with Crippen LogP contribution in [0.25, 0.3) is 0 Å². The van der Waals surface area contributed by atoms with Crippen LogP contribution < -0.4 is 5.32 Å². The van der Waals surface area contributed by atoms with Crippen LogP contribution in [0.5, 0.6) is 0 Å². The maximum absolute atomic E-state index is 3.99. The molecule has 0 saturated heterocycles. The third-order valence-corrected chi connectivity index (χ3v) is 6.71. The zero-order chi connectivity index (χ0) is 14.9. The van der Waals surface area contributed by atoms with Gasteiger partial charge in [-0.3, -0.25) is 0 Å². The standard InChI is InChI=1S/C19H29NS/c1-19(2)13-12-18(16-6-4-5-7-17(16)19)20-14-8-10-15(21-3)11-9-14/h4-7,14-15,18,20H,8-13H2,1-3H3. The topological polar surface area (TPSA) is 12.0 Å². The summed E-state index contributed by atoms with van der Waals surface area (Å²) in [6.07, 6.45) is 10.3. The predicted molar refractivity (Wildman–Crippen MR) is 94.1 cm³/mol. The van der Waals surface area contributed by atoms with E-state index >= 15 is 0 Å². The molecule has 0 bridgehead atoms. The van der Waals surface area contributed by atoms with Crippen LogP contribution in [0.1, 0.15) is 69.5 Å². The van der Waals surface area contributed by atoms with E-state index in [2.05, 4.69) is 61.4 Å². The molecule has 3 rings (SSSR count). The average Bonchev–Trinajstić information content (AvgIpc) is 2.51. The quantitative estimate of drug-likeness (QED) is 0.837. The lowest BCUT2D eigenvalue weighted by atomic mass is 9.71. The number of hydrogen-bond acceptors (Lipinski definition) is 2. The van der Waals surface area contributed by atoms with Crippen LogP contribution in [0.2, 0.25) is 0 Å². The normalized spacial score (nSPS) is 31.7. The van der Waals surface area contributed by atoms with E-state index in [4.69, 9.17) is 0 Å². The number of hydrogen-bond donors (Lipinski definition) is 1. The summed E-state index contributed by atoms with van der Waals surface area (Å²) in [7, 11) is 0. The van der Waals surface area contributed by atoms with Crippen LogP contribution in [-0.2, 0) is 5.41 Å². The Morgan fingerprint density at radius 3 is 2.48 bits per heavy atom. The molecular formula is C19H29NS. The van der Waals surface area contributed by atoms with Gasteiger partial charge in [0.05, 0.1) is 0 Å². The highest BCUT2D eigenvalue weighted by molar-refractivity contribution is 7.99. The molecule has 1 fully saturated rings. The van der Waals surface area contributed by atoms with Crippen LogP contribution in [0, 0.1) is 0 Å². The molecular weight excluding hydrogens is 274 g/mol. The molecule has 1 saturated carbocycles. The first-order valence-corrected chi connectivity index (χ1v) is 9.77. The molecule has 2 aliphatic carbocycles. The summed E-state index contributed by atoms with van der Waals surface area (Å²) in [6, 6.07) is 10.4. The van der Waals surface area contributed by atoms with Gasteiger partial charge in [0.2, 0.25) is 0 Å². The van der Waals surface area contributed by atoms with Gasteiger partial charge in [0.15, 0.2) is 0 Å². The van der Waals surface area contributed by atoms with Gasteiger partial charge in [0, 0.05) is 17.3 Å². The fraction of sp³-hybridized carbons (Fsp3) is 0.684. The first-order valence-electron chi connectivity index (χ1n) is 8.48. The summed E-state index contributed by atoms with van der Waals surface area (Å²) in [5.41, 5.74) is 3.46. The molecule has 1 aromatic rings. The lowest BCUT2D eigenvalue weighted by Crippen LogP contribution is -2.40. The fourth-order valence-corrected chi connectivity index (χ4v) is 4.88. The zero-order valence-corrected chi connectivity index (χ0v) is 14.5. The summed E-state index contributed by atoms with van der Waals surface area (Å²) in [6.45, 7) is 4.79. The molecule has 0 aliphatic heterocycles. The molecule has 1 nitrogen and oxygen atoms in total. The van der Waals surface area contributed by atoms with Gasteiger partial charge in [-0.05, 0) is 61.3 Å². The van der Waals surface area contributed by atoms with Crippen LogP contribution in [0.15, 0.2) is 24.3 Å². The highest BCUT2D eigenvalue weighted by atomic mass is 32.2. The molecule has 0 radical (unpaired) electrons. The van der Waals surface area contributed by atoms with Gasteiger partial charge in [-0.1, -0.05) is 38.1 Å². The first-order chi connectivity index (χ1) is 10.1. The van der Waals surface area contributed by atoms with Crippen LogP contribution in [-0.4, -0.2) is 17.5 Å². The Morgan fingerprint density at radius 1 is 1.05 bits per heavy atom. The van der Waals surface area contributed by atoms with Gasteiger partial charge in [0.25, 0.3) is 0 Å². The molecule has 0 spiro atoms. The zero-order valence-electron chi connectivity index (χ0n) is 13.7. The van der Waals surface area contributed by atoms with Crippen molar-refractivity contribution in [2.24, 2.45) is 0 Å². The number of fused-ring (bicyclic) bond motifs is 1. The molecule has 2 aliphatic rings. The molecule has 21 heavy (non-hydrogen) atoms. The van der Waals surface area contributed by atoms with E-state index in [0.29, 0.717) is 11.5 Å². The Kier molecular flexibility index (Phi) is 4.66. The molecule has 0 amide bonds. The van der Waals surface area contributed by atoms with Crippen molar-refractivity contribution in [1.82, 2.24) is 5.32 Å². The van der Waals surface area contributed by atoms with Gasteiger partial charge < -0.3 is 5.32 Å². The van der Waals surface area contributed by atoms with Crippen LogP contribution >= 0.6 is 11.8 Å². The highest BCUT2D eigenvalue weighted by Crippen LogP contribution is 2.42. The summed E-state index contributed by atoms with van der Waals surface area (Å²) >= 11 is 2.05. The maximum atomic E-state index is 3.99. The highest BCUT2D eigenvalue weighted by Gasteiger charge is 2.33. The number of nitrogens with one attached hydrogen (secondary N) is 1. The number of rotatable bonds is 3. The summed E-state index contributed by atoms with van der Waals surface area (Å²) in [4.78, 5) is 0. The van der Waals surface area contributed by atoms with Gasteiger partial charge in [-0.15, -0.1) is 0 Å². The van der Waals surface area contributed by atoms with Crippen molar-refractivity contribution in [3.05, 3.63) is 35.4 Å². The minimum absolute atomic E-state index is 0.339. The third kappa shape index (κ3) is 3.32. The monoisotopic (exact) mass is 303 g/mol. The second kappa shape index (κ2) is 6.34. The Balaban J connectivity index is 1.70. The maximum Gasteiger partial charge on any atom is 0.0325 e. The van der Waals surface area contributed by atoms with E-state index in [1.165, 1.54) is 38.5 Å². The Bertz CT molecular complexity index is 474. The van der Waals surface area contributed by atoms with E-state index in [1.807, 2.05) is 0 Å². The Hall–Kier alpha value is -0.470. The molecule has 1 unspecified atom stereocenters. The average molecular weight is 304 g/mol. The van der Waals surface area contributed by atoms with Crippen molar-refractivity contribution in [3.8, 4) is 0 Å². The number of thioether (sulfide) groups is 1.